The Morgan fingerprint density at radius 3 is 2.62 bits per heavy atom. The predicted molar refractivity (Wildman–Crippen MR) is 58.6 cm³/mol. The SMILES string of the molecule is CC/C=C(\CC)NCC(C)=NC=N. The lowest BCUT2D eigenvalue weighted by Crippen LogP contribution is -2.20. The average molecular weight is 181 g/mol. The van der Waals surface area contributed by atoms with Gasteiger partial charge < -0.3 is 5.32 Å². The minimum Gasteiger partial charge on any atom is -0.383 e. The summed E-state index contributed by atoms with van der Waals surface area (Å²) in [6, 6.07) is 0. The van der Waals surface area contributed by atoms with Crippen molar-refractivity contribution in [2.24, 2.45) is 4.99 Å². The summed E-state index contributed by atoms with van der Waals surface area (Å²) in [6.45, 7) is 6.89. The second-order valence-corrected chi connectivity index (χ2v) is 2.84. The van der Waals surface area contributed by atoms with Crippen LogP contribution >= 0.6 is 0 Å². The van der Waals surface area contributed by atoms with Gasteiger partial charge in [-0.25, -0.2) is 4.99 Å². The van der Waals surface area contributed by atoms with E-state index in [4.69, 9.17) is 5.41 Å². The molecule has 2 N–H and O–H groups in total. The first-order chi connectivity index (χ1) is 6.24. The molecular formula is C10H19N3. The first-order valence-corrected chi connectivity index (χ1v) is 4.69. The van der Waals surface area contributed by atoms with Crippen LogP contribution in [0.5, 0.6) is 0 Å². The maximum atomic E-state index is 6.79. The van der Waals surface area contributed by atoms with E-state index in [9.17, 15) is 0 Å². The van der Waals surface area contributed by atoms with Crippen molar-refractivity contribution in [3.8, 4) is 0 Å². The highest BCUT2D eigenvalue weighted by molar-refractivity contribution is 5.89. The van der Waals surface area contributed by atoms with E-state index in [1.165, 1.54) is 5.70 Å². The van der Waals surface area contributed by atoms with Crippen molar-refractivity contribution < 1.29 is 0 Å². The Morgan fingerprint density at radius 2 is 2.15 bits per heavy atom. The van der Waals surface area contributed by atoms with E-state index in [1.54, 1.807) is 0 Å². The molecule has 13 heavy (non-hydrogen) atoms. The topological polar surface area (TPSA) is 48.2 Å². The normalized spacial score (nSPS) is 12.8. The Bertz CT molecular complexity index is 204. The summed E-state index contributed by atoms with van der Waals surface area (Å²) in [4.78, 5) is 3.86. The van der Waals surface area contributed by atoms with Crippen LogP contribution in [-0.4, -0.2) is 18.6 Å². The van der Waals surface area contributed by atoms with Gasteiger partial charge in [0.05, 0.1) is 6.54 Å². The molecular weight excluding hydrogens is 162 g/mol. The number of hydrogen-bond acceptors (Lipinski definition) is 2. The number of nitrogens with one attached hydrogen (secondary N) is 2. The van der Waals surface area contributed by atoms with Crippen molar-refractivity contribution in [3.63, 3.8) is 0 Å². The Balaban J connectivity index is 3.91. The molecule has 3 heteroatoms. The fourth-order valence-corrected chi connectivity index (χ4v) is 0.985. The third kappa shape index (κ3) is 6.08. The van der Waals surface area contributed by atoms with Crippen LogP contribution in [0, 0.1) is 5.41 Å². The van der Waals surface area contributed by atoms with Crippen molar-refractivity contribution in [1.29, 1.82) is 5.41 Å². The van der Waals surface area contributed by atoms with Gasteiger partial charge in [-0.2, -0.15) is 0 Å². The Hall–Kier alpha value is -1.12. The largest absolute Gasteiger partial charge is 0.383 e. The Kier molecular flexibility index (Phi) is 6.88. The molecule has 0 aliphatic carbocycles. The lowest BCUT2D eigenvalue weighted by Gasteiger charge is -2.07. The minimum atomic E-state index is 0.731. The van der Waals surface area contributed by atoms with Crippen LogP contribution in [0.2, 0.25) is 0 Å². The smallest absolute Gasteiger partial charge is 0.106 e. The standard InChI is InChI=1S/C10H19N3/c1-4-6-10(5-2)12-7-9(3)13-8-11/h6,8,11-12H,4-5,7H2,1-3H3/b10-6+,11-8?,13-9?. The molecule has 0 fully saturated rings. The quantitative estimate of drug-likeness (QED) is 0.479. The van der Waals surface area contributed by atoms with E-state index in [-0.39, 0.29) is 0 Å². The summed E-state index contributed by atoms with van der Waals surface area (Å²) < 4.78 is 0. The number of allylic oxidation sites excluding steroid dienone is 2. The molecule has 0 saturated carbocycles. The van der Waals surface area contributed by atoms with Crippen molar-refractivity contribution in [2.45, 2.75) is 33.6 Å². The van der Waals surface area contributed by atoms with Crippen LogP contribution in [-0.2, 0) is 0 Å². The molecule has 0 spiro atoms. The lowest BCUT2D eigenvalue weighted by atomic mass is 10.2. The van der Waals surface area contributed by atoms with Gasteiger partial charge >= 0.3 is 0 Å². The number of hydrogen-bond donors (Lipinski definition) is 2. The van der Waals surface area contributed by atoms with Crippen molar-refractivity contribution in [3.05, 3.63) is 11.8 Å². The fourth-order valence-electron chi connectivity index (χ4n) is 0.985. The highest BCUT2D eigenvalue weighted by Crippen LogP contribution is 1.96. The third-order valence-electron chi connectivity index (χ3n) is 1.69. The van der Waals surface area contributed by atoms with Crippen molar-refractivity contribution in [1.82, 2.24) is 5.32 Å². The number of nitrogens with zero attached hydrogens (tertiary/aromatic N) is 1. The molecule has 3 nitrogen and oxygen atoms in total. The van der Waals surface area contributed by atoms with Crippen LogP contribution < -0.4 is 5.32 Å². The Morgan fingerprint density at radius 1 is 1.46 bits per heavy atom. The molecule has 0 aromatic carbocycles. The summed E-state index contributed by atoms with van der Waals surface area (Å²) in [6.07, 6.45) is 5.33. The zero-order valence-electron chi connectivity index (χ0n) is 8.72. The van der Waals surface area contributed by atoms with E-state index < -0.39 is 0 Å². The molecule has 0 heterocycles. The van der Waals surface area contributed by atoms with Gasteiger partial charge in [0.15, 0.2) is 0 Å². The molecule has 0 atom stereocenters. The molecule has 74 valence electrons. The molecule has 0 bridgehead atoms. The maximum Gasteiger partial charge on any atom is 0.106 e. The van der Waals surface area contributed by atoms with Gasteiger partial charge in [0.2, 0.25) is 0 Å². The van der Waals surface area contributed by atoms with Gasteiger partial charge in [0, 0.05) is 11.4 Å². The first-order valence-electron chi connectivity index (χ1n) is 4.69. The average Bonchev–Trinajstić information content (AvgIpc) is 2.12. The van der Waals surface area contributed by atoms with E-state index in [2.05, 4.69) is 30.2 Å². The molecule has 0 unspecified atom stereocenters. The van der Waals surface area contributed by atoms with Gasteiger partial charge in [-0.3, -0.25) is 5.41 Å². The van der Waals surface area contributed by atoms with Gasteiger partial charge in [0.25, 0.3) is 0 Å². The molecule has 0 saturated heterocycles. The highest BCUT2D eigenvalue weighted by Gasteiger charge is 1.93. The van der Waals surface area contributed by atoms with Crippen LogP contribution in [0.15, 0.2) is 16.8 Å². The zero-order chi connectivity index (χ0) is 10.1. The van der Waals surface area contributed by atoms with E-state index in [1.807, 2.05) is 6.92 Å². The molecule has 0 aliphatic rings. The maximum absolute atomic E-state index is 6.79. The Labute approximate surface area is 80.5 Å². The number of aliphatic imine (C=N–C) groups is 1. The minimum absolute atomic E-state index is 0.731. The summed E-state index contributed by atoms with van der Waals surface area (Å²) >= 11 is 0. The van der Waals surface area contributed by atoms with Crippen LogP contribution in [0.25, 0.3) is 0 Å². The summed E-state index contributed by atoms with van der Waals surface area (Å²) in [7, 11) is 0. The van der Waals surface area contributed by atoms with Gasteiger partial charge in [-0.1, -0.05) is 19.9 Å². The molecule has 0 aromatic heterocycles. The summed E-state index contributed by atoms with van der Waals surface area (Å²) in [5, 5.41) is 10.1. The van der Waals surface area contributed by atoms with Crippen molar-refractivity contribution in [2.75, 3.05) is 6.54 Å². The third-order valence-corrected chi connectivity index (χ3v) is 1.69. The second kappa shape index (κ2) is 7.53. The lowest BCUT2D eigenvalue weighted by molar-refractivity contribution is 0.846. The van der Waals surface area contributed by atoms with E-state index >= 15 is 0 Å². The van der Waals surface area contributed by atoms with Crippen LogP contribution in [0.3, 0.4) is 0 Å². The summed E-state index contributed by atoms with van der Waals surface area (Å²) in [5.74, 6) is 0. The second-order valence-electron chi connectivity index (χ2n) is 2.84. The summed E-state index contributed by atoms with van der Waals surface area (Å²) in [5.41, 5.74) is 2.19. The monoisotopic (exact) mass is 181 g/mol. The molecule has 0 aromatic rings. The van der Waals surface area contributed by atoms with Crippen molar-refractivity contribution >= 4 is 12.1 Å². The molecule has 0 aliphatic heterocycles. The van der Waals surface area contributed by atoms with Gasteiger partial charge in [-0.15, -0.1) is 0 Å². The van der Waals surface area contributed by atoms with Crippen LogP contribution in [0.1, 0.15) is 33.6 Å². The first kappa shape index (κ1) is 11.9. The fraction of sp³-hybridized carbons (Fsp3) is 0.600. The van der Waals surface area contributed by atoms with Crippen LogP contribution in [0.4, 0.5) is 0 Å². The van der Waals surface area contributed by atoms with Gasteiger partial charge in [-0.05, 0) is 19.8 Å². The van der Waals surface area contributed by atoms with E-state index in [0.717, 1.165) is 31.4 Å². The zero-order valence-corrected chi connectivity index (χ0v) is 8.72. The highest BCUT2D eigenvalue weighted by atomic mass is 14.9. The molecule has 0 radical (unpaired) electrons. The molecule has 0 amide bonds. The van der Waals surface area contributed by atoms with E-state index in [0.29, 0.717) is 0 Å². The van der Waals surface area contributed by atoms with Gasteiger partial charge in [0.1, 0.15) is 6.34 Å². The predicted octanol–water partition coefficient (Wildman–Crippen LogP) is 2.35. The molecule has 0 rings (SSSR count). The number of rotatable bonds is 6.